The van der Waals surface area contributed by atoms with Crippen molar-refractivity contribution in [2.75, 3.05) is 19.7 Å². The van der Waals surface area contributed by atoms with Crippen LogP contribution in [0.25, 0.3) is 11.0 Å². The van der Waals surface area contributed by atoms with Crippen LogP contribution in [0.3, 0.4) is 0 Å². The molecule has 1 aromatic carbocycles. The molecule has 1 aromatic heterocycles. The molecule has 3 N–H and O–H groups in total. The summed E-state index contributed by atoms with van der Waals surface area (Å²) in [5.41, 5.74) is 3.46. The van der Waals surface area contributed by atoms with Gasteiger partial charge in [0, 0.05) is 19.5 Å². The van der Waals surface area contributed by atoms with E-state index < -0.39 is 0 Å². The lowest BCUT2D eigenvalue weighted by molar-refractivity contribution is 0.292. The van der Waals surface area contributed by atoms with Crippen molar-refractivity contribution in [3.63, 3.8) is 0 Å². The number of hydrogen-bond acceptors (Lipinski definition) is 3. The van der Waals surface area contributed by atoms with Crippen molar-refractivity contribution >= 4 is 11.0 Å². The molecule has 1 heterocycles. The second-order valence-electron chi connectivity index (χ2n) is 4.11. The van der Waals surface area contributed by atoms with E-state index in [0.717, 1.165) is 36.2 Å². The highest BCUT2D eigenvalue weighted by atomic mass is 16.3. The van der Waals surface area contributed by atoms with Crippen LogP contribution in [-0.4, -0.2) is 34.8 Å². The molecule has 0 aliphatic carbocycles. The van der Waals surface area contributed by atoms with Crippen LogP contribution in [0.5, 0.6) is 0 Å². The Morgan fingerprint density at radius 2 is 2.24 bits per heavy atom. The highest BCUT2D eigenvalue weighted by molar-refractivity contribution is 5.75. The van der Waals surface area contributed by atoms with Gasteiger partial charge in [-0.2, -0.15) is 0 Å². The first-order valence-corrected chi connectivity index (χ1v) is 6.12. The van der Waals surface area contributed by atoms with E-state index in [1.165, 1.54) is 5.56 Å². The predicted molar refractivity (Wildman–Crippen MR) is 69.1 cm³/mol. The molecule has 0 bridgehead atoms. The number of aliphatic hydroxyl groups excluding tert-OH is 1. The summed E-state index contributed by atoms with van der Waals surface area (Å²) < 4.78 is 0. The number of hydrogen-bond donors (Lipinski definition) is 3. The number of aromatic amines is 1. The second kappa shape index (κ2) is 5.80. The number of imidazole rings is 1. The van der Waals surface area contributed by atoms with Crippen molar-refractivity contribution in [3.05, 3.63) is 29.6 Å². The zero-order valence-electron chi connectivity index (χ0n) is 10.2. The minimum absolute atomic E-state index is 0.181. The van der Waals surface area contributed by atoms with Crippen molar-refractivity contribution in [3.8, 4) is 0 Å². The van der Waals surface area contributed by atoms with Gasteiger partial charge in [0.2, 0.25) is 0 Å². The van der Waals surface area contributed by atoms with Gasteiger partial charge in [0.15, 0.2) is 0 Å². The molecule has 0 aliphatic heterocycles. The fourth-order valence-electron chi connectivity index (χ4n) is 1.86. The van der Waals surface area contributed by atoms with Gasteiger partial charge in [0.1, 0.15) is 5.82 Å². The lowest BCUT2D eigenvalue weighted by atomic mass is 10.1. The Balaban J connectivity index is 2.04. The fraction of sp³-hybridized carbons (Fsp3) is 0.462. The summed E-state index contributed by atoms with van der Waals surface area (Å²) in [6, 6.07) is 6.35. The minimum Gasteiger partial charge on any atom is -0.395 e. The summed E-state index contributed by atoms with van der Waals surface area (Å²) in [4.78, 5) is 7.86. The van der Waals surface area contributed by atoms with Gasteiger partial charge in [-0.3, -0.25) is 0 Å². The van der Waals surface area contributed by atoms with Gasteiger partial charge in [-0.05, 0) is 24.1 Å². The Morgan fingerprint density at radius 1 is 1.35 bits per heavy atom. The molecule has 0 atom stereocenters. The smallest absolute Gasteiger partial charge is 0.108 e. The zero-order valence-corrected chi connectivity index (χ0v) is 10.2. The molecular weight excluding hydrogens is 214 g/mol. The molecular formula is C13H19N3O. The van der Waals surface area contributed by atoms with Crippen LogP contribution >= 0.6 is 0 Å². The monoisotopic (exact) mass is 233 g/mol. The van der Waals surface area contributed by atoms with Crippen molar-refractivity contribution in [1.29, 1.82) is 0 Å². The van der Waals surface area contributed by atoms with Gasteiger partial charge in [-0.25, -0.2) is 4.98 Å². The average molecular weight is 233 g/mol. The molecule has 17 heavy (non-hydrogen) atoms. The summed E-state index contributed by atoms with van der Waals surface area (Å²) in [5.74, 6) is 0.999. The standard InChI is InChI=1S/C13H19N3O/c1-2-10-3-4-11-12(9-10)16-13(15-11)5-6-14-7-8-17/h3-4,9,14,17H,2,5-8H2,1H3,(H,15,16). The number of aryl methyl sites for hydroxylation is 1. The molecule has 0 saturated heterocycles. The highest BCUT2D eigenvalue weighted by Crippen LogP contribution is 2.14. The van der Waals surface area contributed by atoms with E-state index in [2.05, 4.69) is 40.4 Å². The summed E-state index contributed by atoms with van der Waals surface area (Å²) in [7, 11) is 0. The number of fused-ring (bicyclic) bond motifs is 1. The van der Waals surface area contributed by atoms with E-state index in [9.17, 15) is 0 Å². The maximum atomic E-state index is 8.65. The van der Waals surface area contributed by atoms with E-state index in [0.29, 0.717) is 6.54 Å². The molecule has 0 saturated carbocycles. The molecule has 0 aliphatic rings. The lowest BCUT2D eigenvalue weighted by Gasteiger charge is -1.99. The van der Waals surface area contributed by atoms with Crippen molar-refractivity contribution in [1.82, 2.24) is 15.3 Å². The number of rotatable bonds is 6. The van der Waals surface area contributed by atoms with E-state index in [4.69, 9.17) is 5.11 Å². The van der Waals surface area contributed by atoms with Crippen LogP contribution in [0.1, 0.15) is 18.3 Å². The SMILES string of the molecule is CCc1ccc2nc(CCNCCO)[nH]c2c1. The number of nitrogens with one attached hydrogen (secondary N) is 2. The van der Waals surface area contributed by atoms with Gasteiger partial charge in [0.05, 0.1) is 17.6 Å². The molecule has 0 fully saturated rings. The highest BCUT2D eigenvalue weighted by Gasteiger charge is 2.02. The van der Waals surface area contributed by atoms with E-state index in [1.807, 2.05) is 0 Å². The van der Waals surface area contributed by atoms with Gasteiger partial charge in [0.25, 0.3) is 0 Å². The van der Waals surface area contributed by atoms with Crippen LogP contribution in [0, 0.1) is 0 Å². The largest absolute Gasteiger partial charge is 0.395 e. The number of aliphatic hydroxyl groups is 1. The van der Waals surface area contributed by atoms with Crippen molar-refractivity contribution in [2.45, 2.75) is 19.8 Å². The minimum atomic E-state index is 0.181. The van der Waals surface area contributed by atoms with Crippen molar-refractivity contribution < 1.29 is 5.11 Å². The second-order valence-corrected chi connectivity index (χ2v) is 4.11. The van der Waals surface area contributed by atoms with Crippen molar-refractivity contribution in [2.24, 2.45) is 0 Å². The molecule has 4 nitrogen and oxygen atoms in total. The first-order valence-electron chi connectivity index (χ1n) is 6.12. The van der Waals surface area contributed by atoms with Gasteiger partial charge in [-0.15, -0.1) is 0 Å². The fourth-order valence-corrected chi connectivity index (χ4v) is 1.86. The maximum Gasteiger partial charge on any atom is 0.108 e. The van der Waals surface area contributed by atoms with Gasteiger partial charge < -0.3 is 15.4 Å². The first-order chi connectivity index (χ1) is 8.33. The third-order valence-corrected chi connectivity index (χ3v) is 2.83. The first kappa shape index (κ1) is 12.1. The Morgan fingerprint density at radius 3 is 3.00 bits per heavy atom. The van der Waals surface area contributed by atoms with Crippen LogP contribution in [0.2, 0.25) is 0 Å². The molecule has 2 rings (SSSR count). The number of nitrogens with zero attached hydrogens (tertiary/aromatic N) is 1. The summed E-state index contributed by atoms with van der Waals surface area (Å²) >= 11 is 0. The summed E-state index contributed by atoms with van der Waals surface area (Å²) in [6.07, 6.45) is 1.90. The number of aromatic nitrogens is 2. The molecule has 0 spiro atoms. The van der Waals surface area contributed by atoms with Gasteiger partial charge >= 0.3 is 0 Å². The molecule has 4 heteroatoms. The van der Waals surface area contributed by atoms with E-state index >= 15 is 0 Å². The van der Waals surface area contributed by atoms with Crippen LogP contribution in [-0.2, 0) is 12.8 Å². The topological polar surface area (TPSA) is 60.9 Å². The average Bonchev–Trinajstić information content (AvgIpc) is 2.76. The van der Waals surface area contributed by atoms with Crippen LogP contribution in [0.15, 0.2) is 18.2 Å². The molecule has 2 aromatic rings. The maximum absolute atomic E-state index is 8.65. The number of benzene rings is 1. The Hall–Kier alpha value is -1.39. The molecule has 0 unspecified atom stereocenters. The van der Waals surface area contributed by atoms with E-state index in [1.54, 1.807) is 0 Å². The molecule has 0 radical (unpaired) electrons. The quantitative estimate of drug-likeness (QED) is 0.658. The Labute approximate surface area is 101 Å². The van der Waals surface area contributed by atoms with E-state index in [-0.39, 0.29) is 6.61 Å². The predicted octanol–water partition coefficient (Wildman–Crippen LogP) is 1.25. The zero-order chi connectivity index (χ0) is 12.1. The third kappa shape index (κ3) is 3.05. The molecule has 0 amide bonds. The normalized spacial score (nSPS) is 11.2. The summed E-state index contributed by atoms with van der Waals surface area (Å²) in [6.45, 7) is 3.80. The van der Waals surface area contributed by atoms with Gasteiger partial charge in [-0.1, -0.05) is 13.0 Å². The Bertz CT molecular complexity index is 478. The third-order valence-electron chi connectivity index (χ3n) is 2.83. The van der Waals surface area contributed by atoms with Crippen LogP contribution < -0.4 is 5.32 Å². The number of H-pyrrole nitrogens is 1. The molecule has 92 valence electrons. The summed E-state index contributed by atoms with van der Waals surface area (Å²) in [5, 5.41) is 11.8. The van der Waals surface area contributed by atoms with Crippen LogP contribution in [0.4, 0.5) is 0 Å². The Kier molecular flexibility index (Phi) is 4.12. The lowest BCUT2D eigenvalue weighted by Crippen LogP contribution is -2.21.